The molecule has 3 aliphatic rings. The third-order valence-electron chi connectivity index (χ3n) is 6.52. The summed E-state index contributed by atoms with van der Waals surface area (Å²) in [6.07, 6.45) is 6.23. The molecule has 5 nitrogen and oxygen atoms in total. The third-order valence-corrected chi connectivity index (χ3v) is 7.62. The van der Waals surface area contributed by atoms with Crippen molar-refractivity contribution in [1.82, 2.24) is 19.6 Å². The van der Waals surface area contributed by atoms with Crippen LogP contribution in [0.1, 0.15) is 48.2 Å². The minimum Gasteiger partial charge on any atom is -0.337 e. The minimum absolute atomic E-state index is 0.119. The fourth-order valence-electron chi connectivity index (χ4n) is 5.02. The number of rotatable bonds is 2. The van der Waals surface area contributed by atoms with Gasteiger partial charge in [0.1, 0.15) is 0 Å². The van der Waals surface area contributed by atoms with E-state index in [1.165, 1.54) is 42.8 Å². The lowest BCUT2D eigenvalue weighted by Crippen LogP contribution is -2.48. The van der Waals surface area contributed by atoms with Gasteiger partial charge in [-0.2, -0.15) is 5.10 Å². The Balaban J connectivity index is 1.33. The highest BCUT2D eigenvalue weighted by Gasteiger charge is 2.33. The molecular formula is C22H28N4OS. The highest BCUT2D eigenvalue weighted by molar-refractivity contribution is 7.98. The van der Waals surface area contributed by atoms with Crippen LogP contribution in [0.15, 0.2) is 29.2 Å². The first-order valence-electron chi connectivity index (χ1n) is 10.5. The number of aromatic nitrogens is 2. The minimum atomic E-state index is 0.119. The second-order valence-corrected chi connectivity index (χ2v) is 9.22. The molecule has 6 heteroatoms. The normalized spacial score (nSPS) is 20.7. The number of hydrogen-bond donors (Lipinski definition) is 0. The highest BCUT2D eigenvalue weighted by atomic mass is 32.2. The first-order valence-corrected chi connectivity index (χ1v) is 11.5. The zero-order chi connectivity index (χ0) is 19.1. The van der Waals surface area contributed by atoms with Crippen LogP contribution in [0, 0.1) is 0 Å². The molecule has 0 radical (unpaired) electrons. The van der Waals surface area contributed by atoms with Crippen molar-refractivity contribution in [3.05, 3.63) is 35.5 Å². The number of nitrogens with zero attached hydrogens (tertiary/aromatic N) is 4. The molecule has 4 heterocycles. The lowest BCUT2D eigenvalue weighted by Gasteiger charge is -2.40. The van der Waals surface area contributed by atoms with Gasteiger partial charge in [0.2, 0.25) is 0 Å². The van der Waals surface area contributed by atoms with Gasteiger partial charge in [0.15, 0.2) is 5.69 Å². The Morgan fingerprint density at radius 1 is 1.07 bits per heavy atom. The van der Waals surface area contributed by atoms with Gasteiger partial charge in [-0.1, -0.05) is 24.6 Å². The van der Waals surface area contributed by atoms with Crippen LogP contribution in [0.4, 0.5) is 0 Å². The number of hydrogen-bond acceptors (Lipinski definition) is 4. The third kappa shape index (κ3) is 3.16. The Labute approximate surface area is 171 Å². The summed E-state index contributed by atoms with van der Waals surface area (Å²) in [5.41, 5.74) is 4.08. The Bertz CT molecular complexity index is 879. The van der Waals surface area contributed by atoms with E-state index >= 15 is 0 Å². The molecule has 2 aromatic rings. The molecular weight excluding hydrogens is 368 g/mol. The molecule has 0 bridgehead atoms. The quantitative estimate of drug-likeness (QED) is 0.775. The molecule has 28 heavy (non-hydrogen) atoms. The Morgan fingerprint density at radius 3 is 2.61 bits per heavy atom. The Kier molecular flexibility index (Phi) is 4.93. The summed E-state index contributed by atoms with van der Waals surface area (Å²) < 4.78 is 1.90. The summed E-state index contributed by atoms with van der Waals surface area (Å²) in [4.78, 5) is 19.3. The van der Waals surface area contributed by atoms with Gasteiger partial charge in [-0.25, -0.2) is 0 Å². The van der Waals surface area contributed by atoms with Crippen LogP contribution < -0.4 is 0 Å². The second kappa shape index (κ2) is 7.56. The summed E-state index contributed by atoms with van der Waals surface area (Å²) in [7, 11) is 1.96. The lowest BCUT2D eigenvalue weighted by atomic mass is 9.99. The van der Waals surface area contributed by atoms with Crippen molar-refractivity contribution in [3.63, 3.8) is 0 Å². The number of aryl methyl sites for hydroxylation is 1. The maximum atomic E-state index is 13.3. The van der Waals surface area contributed by atoms with Gasteiger partial charge in [-0.15, -0.1) is 11.8 Å². The first kappa shape index (κ1) is 18.3. The Morgan fingerprint density at radius 2 is 1.82 bits per heavy atom. The summed E-state index contributed by atoms with van der Waals surface area (Å²) >= 11 is 1.81. The van der Waals surface area contributed by atoms with Crippen LogP contribution in [0.2, 0.25) is 0 Å². The molecule has 2 fully saturated rings. The number of thioether (sulfide) groups is 1. The van der Waals surface area contributed by atoms with Crippen molar-refractivity contribution in [3.8, 4) is 11.3 Å². The SMILES string of the molecule is Cn1nc(C(=O)N2CCC(N3CCCCC3)CC2)c2c1-c1ccccc1SC2. The van der Waals surface area contributed by atoms with Crippen LogP contribution >= 0.6 is 11.8 Å². The predicted octanol–water partition coefficient (Wildman–Crippen LogP) is 3.78. The van der Waals surface area contributed by atoms with E-state index in [0.717, 1.165) is 42.9 Å². The van der Waals surface area contributed by atoms with E-state index in [2.05, 4.69) is 34.3 Å². The summed E-state index contributed by atoms with van der Waals surface area (Å²) in [5.74, 6) is 0.944. The second-order valence-electron chi connectivity index (χ2n) is 8.20. The van der Waals surface area contributed by atoms with Gasteiger partial charge in [-0.3, -0.25) is 9.48 Å². The standard InChI is InChI=1S/C22H28N4OS/c1-24-21-17-7-3-4-8-19(17)28-15-18(21)20(23-24)22(27)26-13-9-16(10-14-26)25-11-5-2-6-12-25/h3-4,7-8,16H,2,5-6,9-15H2,1H3. The molecule has 1 amide bonds. The smallest absolute Gasteiger partial charge is 0.274 e. The van der Waals surface area contributed by atoms with Crippen LogP contribution in [0.25, 0.3) is 11.3 Å². The van der Waals surface area contributed by atoms with Crippen LogP contribution in [0.5, 0.6) is 0 Å². The van der Waals surface area contributed by atoms with Crippen molar-refractivity contribution in [2.75, 3.05) is 26.2 Å². The molecule has 5 rings (SSSR count). The van der Waals surface area contributed by atoms with Crippen molar-refractivity contribution < 1.29 is 4.79 Å². The zero-order valence-electron chi connectivity index (χ0n) is 16.6. The average molecular weight is 397 g/mol. The molecule has 1 aromatic heterocycles. The molecule has 2 saturated heterocycles. The van der Waals surface area contributed by atoms with E-state index in [4.69, 9.17) is 0 Å². The lowest BCUT2D eigenvalue weighted by molar-refractivity contribution is 0.0583. The monoisotopic (exact) mass is 396 g/mol. The van der Waals surface area contributed by atoms with E-state index in [-0.39, 0.29) is 5.91 Å². The van der Waals surface area contributed by atoms with E-state index < -0.39 is 0 Å². The van der Waals surface area contributed by atoms with Crippen LogP contribution in [-0.4, -0.2) is 57.7 Å². The molecule has 148 valence electrons. The average Bonchev–Trinajstić information content (AvgIpc) is 3.11. The van der Waals surface area contributed by atoms with Crippen LogP contribution in [-0.2, 0) is 12.8 Å². The van der Waals surface area contributed by atoms with Gasteiger partial charge >= 0.3 is 0 Å². The van der Waals surface area contributed by atoms with Gasteiger partial charge in [0.25, 0.3) is 5.91 Å². The van der Waals surface area contributed by atoms with Crippen LogP contribution in [0.3, 0.4) is 0 Å². The molecule has 0 spiro atoms. The molecule has 0 aliphatic carbocycles. The van der Waals surface area contributed by atoms with E-state index in [1.807, 2.05) is 28.4 Å². The van der Waals surface area contributed by atoms with E-state index in [1.54, 1.807) is 0 Å². The van der Waals surface area contributed by atoms with Crippen molar-refractivity contribution in [1.29, 1.82) is 0 Å². The molecule has 3 aliphatic heterocycles. The summed E-state index contributed by atoms with van der Waals surface area (Å²) in [6.45, 7) is 4.19. The fraction of sp³-hybridized carbons (Fsp3) is 0.545. The molecule has 0 atom stereocenters. The van der Waals surface area contributed by atoms with E-state index in [9.17, 15) is 4.79 Å². The van der Waals surface area contributed by atoms with Crippen molar-refractivity contribution >= 4 is 17.7 Å². The number of carbonyl (C=O) groups excluding carboxylic acids is 1. The number of fused-ring (bicyclic) bond motifs is 3. The zero-order valence-corrected chi connectivity index (χ0v) is 17.4. The molecule has 0 saturated carbocycles. The Hall–Kier alpha value is -1.79. The number of carbonyl (C=O) groups is 1. The van der Waals surface area contributed by atoms with Crippen molar-refractivity contribution in [2.45, 2.75) is 48.8 Å². The molecule has 1 aromatic carbocycles. The van der Waals surface area contributed by atoms with Crippen molar-refractivity contribution in [2.24, 2.45) is 7.05 Å². The van der Waals surface area contributed by atoms with Gasteiger partial charge in [0.05, 0.1) is 5.69 Å². The molecule has 0 N–H and O–H groups in total. The number of piperidine rings is 2. The summed E-state index contributed by atoms with van der Waals surface area (Å²) in [6, 6.07) is 9.09. The maximum Gasteiger partial charge on any atom is 0.274 e. The highest BCUT2D eigenvalue weighted by Crippen LogP contribution is 2.42. The molecule has 0 unspecified atom stereocenters. The first-order chi connectivity index (χ1) is 13.7. The largest absolute Gasteiger partial charge is 0.337 e. The number of amides is 1. The number of benzene rings is 1. The maximum absolute atomic E-state index is 13.3. The fourth-order valence-corrected chi connectivity index (χ4v) is 6.09. The summed E-state index contributed by atoms with van der Waals surface area (Å²) in [5, 5.41) is 4.68. The van der Waals surface area contributed by atoms with Gasteiger partial charge in [-0.05, 0) is 44.8 Å². The number of likely N-dealkylation sites (tertiary alicyclic amines) is 2. The van der Waals surface area contributed by atoms with Gasteiger partial charge < -0.3 is 9.80 Å². The van der Waals surface area contributed by atoms with Gasteiger partial charge in [0, 0.05) is 48.0 Å². The van der Waals surface area contributed by atoms with E-state index in [0.29, 0.717) is 11.7 Å². The predicted molar refractivity (Wildman–Crippen MR) is 113 cm³/mol. The topological polar surface area (TPSA) is 41.4 Å².